The fourth-order valence-corrected chi connectivity index (χ4v) is 4.17. The minimum Gasteiger partial charge on any atom is -0.338 e. The van der Waals surface area contributed by atoms with Crippen LogP contribution in [0.15, 0.2) is 54.7 Å². The first-order chi connectivity index (χ1) is 16.5. The molecule has 0 aliphatic heterocycles. The van der Waals surface area contributed by atoms with Gasteiger partial charge in [0.15, 0.2) is 11.6 Å². The van der Waals surface area contributed by atoms with Gasteiger partial charge in [0.1, 0.15) is 0 Å². The van der Waals surface area contributed by atoms with E-state index in [4.69, 9.17) is 5.14 Å². The predicted octanol–water partition coefficient (Wildman–Crippen LogP) is 2.93. The summed E-state index contributed by atoms with van der Waals surface area (Å²) in [4.78, 5) is 8.11. The monoisotopic (exact) mass is 522 g/mol. The number of benzene rings is 2. The summed E-state index contributed by atoms with van der Waals surface area (Å²) >= 11 is 0. The molecule has 0 bridgehead atoms. The Labute approximate surface area is 204 Å². The van der Waals surface area contributed by atoms with Crippen LogP contribution in [0.5, 0.6) is 0 Å². The molecule has 3 rings (SSSR count). The quantitative estimate of drug-likeness (QED) is 0.299. The number of nitrogens with one attached hydrogen (secondary N) is 3. The maximum Gasteiger partial charge on any atom is 0.229 e. The molecular formula is C22H27FN6O4S2. The van der Waals surface area contributed by atoms with Crippen LogP contribution >= 0.6 is 0 Å². The van der Waals surface area contributed by atoms with Crippen LogP contribution in [-0.2, 0) is 26.5 Å². The highest BCUT2D eigenvalue weighted by Crippen LogP contribution is 2.24. The fourth-order valence-electron chi connectivity index (χ4n) is 3.02. The number of aromatic nitrogens is 2. The first kappa shape index (κ1) is 26.5. The van der Waals surface area contributed by atoms with Crippen LogP contribution in [-0.4, -0.2) is 39.1 Å². The van der Waals surface area contributed by atoms with Gasteiger partial charge >= 0.3 is 0 Å². The first-order valence-electron chi connectivity index (χ1n) is 10.7. The fraction of sp³-hybridized carbons (Fsp3) is 0.273. The molecule has 0 spiro atoms. The molecule has 3 aromatic rings. The summed E-state index contributed by atoms with van der Waals surface area (Å²) in [6, 6.07) is 13.6. The zero-order valence-corrected chi connectivity index (χ0v) is 20.8. The molecule has 0 amide bonds. The summed E-state index contributed by atoms with van der Waals surface area (Å²) in [5.41, 5.74) is 2.62. The minimum absolute atomic E-state index is 0.0281. The topological polar surface area (TPSA) is 156 Å². The second kappa shape index (κ2) is 11.1. The molecular weight excluding hydrogens is 495 g/mol. The maximum atomic E-state index is 14.3. The van der Waals surface area contributed by atoms with Gasteiger partial charge in [0, 0.05) is 17.9 Å². The number of nitrogens with two attached hydrogens (primary N) is 1. The third-order valence-electron chi connectivity index (χ3n) is 5.21. The number of rotatable bonds is 11. The lowest BCUT2D eigenvalue weighted by Gasteiger charge is -2.12. The van der Waals surface area contributed by atoms with Gasteiger partial charge in [-0.3, -0.25) is 0 Å². The van der Waals surface area contributed by atoms with Gasteiger partial charge in [-0.15, -0.1) is 0 Å². The van der Waals surface area contributed by atoms with E-state index in [0.717, 1.165) is 11.8 Å². The molecule has 0 aliphatic carbocycles. The van der Waals surface area contributed by atoms with Crippen LogP contribution in [0.25, 0.3) is 0 Å². The van der Waals surface area contributed by atoms with E-state index in [0.29, 0.717) is 29.9 Å². The number of halogens is 1. The van der Waals surface area contributed by atoms with Crippen molar-refractivity contribution in [1.29, 1.82) is 0 Å². The summed E-state index contributed by atoms with van der Waals surface area (Å²) in [6.07, 6.45) is 1.55. The molecule has 0 fully saturated rings. The van der Waals surface area contributed by atoms with Crippen molar-refractivity contribution in [2.75, 3.05) is 22.9 Å². The predicted molar refractivity (Wildman–Crippen MR) is 134 cm³/mol. The minimum atomic E-state index is -3.70. The summed E-state index contributed by atoms with van der Waals surface area (Å²) in [5.74, 6) is -0.516. The van der Waals surface area contributed by atoms with Crippen molar-refractivity contribution < 1.29 is 21.2 Å². The molecule has 1 atom stereocenters. The molecule has 0 saturated carbocycles. The van der Waals surface area contributed by atoms with Crippen molar-refractivity contribution >= 4 is 43.2 Å². The molecule has 1 unspecified atom stereocenters. The number of hydrogen-bond acceptors (Lipinski definition) is 8. The SMILES string of the molecule is CCS(=O)(=O)NCCc1ccc(Nc2nc(Nc3ccc(C(C)S(N)(=O)=O)cc3)ncc2F)cc1. The lowest BCUT2D eigenvalue weighted by Crippen LogP contribution is -2.27. The van der Waals surface area contributed by atoms with Gasteiger partial charge in [-0.2, -0.15) is 4.98 Å². The average Bonchev–Trinajstić information content (AvgIpc) is 2.82. The van der Waals surface area contributed by atoms with Crippen LogP contribution in [0.3, 0.4) is 0 Å². The molecule has 0 saturated heterocycles. The van der Waals surface area contributed by atoms with Crippen molar-refractivity contribution in [2.24, 2.45) is 5.14 Å². The standard InChI is InChI=1S/C22H27FN6O4S2/c1-3-34(30,31)26-13-12-16-4-8-18(9-5-16)27-21-20(23)14-25-22(29-21)28-19-10-6-17(7-11-19)15(2)35(24,32)33/h4-11,14-15,26H,3,12-13H2,1-2H3,(H2,24,32,33)(H2,25,27,28,29). The third-order valence-corrected chi connectivity index (χ3v) is 7.87. The summed E-state index contributed by atoms with van der Waals surface area (Å²) in [5, 5.41) is 10.2. The van der Waals surface area contributed by atoms with E-state index >= 15 is 0 Å². The Morgan fingerprint density at radius 3 is 2.17 bits per heavy atom. The van der Waals surface area contributed by atoms with Gasteiger partial charge in [-0.25, -0.2) is 36.1 Å². The van der Waals surface area contributed by atoms with Crippen molar-refractivity contribution in [3.05, 3.63) is 71.7 Å². The second-order valence-corrected chi connectivity index (χ2v) is 11.7. The number of nitrogens with zero attached hydrogens (tertiary/aromatic N) is 2. The van der Waals surface area contributed by atoms with Crippen molar-refractivity contribution in [3.63, 3.8) is 0 Å². The molecule has 0 aliphatic rings. The highest BCUT2D eigenvalue weighted by Gasteiger charge is 2.17. The van der Waals surface area contributed by atoms with Crippen LogP contribution in [0.4, 0.5) is 27.5 Å². The Balaban J connectivity index is 1.64. The van der Waals surface area contributed by atoms with E-state index in [9.17, 15) is 21.2 Å². The van der Waals surface area contributed by atoms with Gasteiger partial charge in [-0.1, -0.05) is 24.3 Å². The number of hydrogen-bond donors (Lipinski definition) is 4. The molecule has 35 heavy (non-hydrogen) atoms. The smallest absolute Gasteiger partial charge is 0.229 e. The first-order valence-corrected chi connectivity index (χ1v) is 14.0. The van der Waals surface area contributed by atoms with Gasteiger partial charge in [0.25, 0.3) is 0 Å². The van der Waals surface area contributed by atoms with Crippen molar-refractivity contribution in [2.45, 2.75) is 25.5 Å². The molecule has 10 nitrogen and oxygen atoms in total. The zero-order chi connectivity index (χ0) is 25.6. The molecule has 0 radical (unpaired) electrons. The molecule has 2 aromatic carbocycles. The van der Waals surface area contributed by atoms with Gasteiger partial charge < -0.3 is 10.6 Å². The summed E-state index contributed by atoms with van der Waals surface area (Å²) in [6.45, 7) is 3.36. The normalized spacial score (nSPS) is 12.8. The Morgan fingerprint density at radius 2 is 1.57 bits per heavy atom. The Kier molecular flexibility index (Phi) is 8.38. The van der Waals surface area contributed by atoms with Gasteiger partial charge in [0.2, 0.25) is 26.0 Å². The van der Waals surface area contributed by atoms with E-state index in [1.54, 1.807) is 43.3 Å². The molecule has 1 heterocycles. The molecule has 5 N–H and O–H groups in total. The van der Waals surface area contributed by atoms with Crippen LogP contribution in [0.1, 0.15) is 30.2 Å². The average molecular weight is 523 g/mol. The lowest BCUT2D eigenvalue weighted by atomic mass is 10.1. The lowest BCUT2D eigenvalue weighted by molar-refractivity contribution is 0.582. The number of anilines is 4. The Hall–Kier alpha value is -3.13. The largest absolute Gasteiger partial charge is 0.338 e. The second-order valence-electron chi connectivity index (χ2n) is 7.74. The van der Waals surface area contributed by atoms with Crippen molar-refractivity contribution in [1.82, 2.24) is 14.7 Å². The zero-order valence-electron chi connectivity index (χ0n) is 19.2. The summed E-state index contributed by atoms with van der Waals surface area (Å²) < 4.78 is 62.8. The van der Waals surface area contributed by atoms with E-state index in [1.807, 2.05) is 12.1 Å². The Bertz CT molecular complexity index is 1370. The van der Waals surface area contributed by atoms with Crippen molar-refractivity contribution in [3.8, 4) is 0 Å². The van der Waals surface area contributed by atoms with Crippen LogP contribution in [0.2, 0.25) is 0 Å². The molecule has 188 valence electrons. The number of primary sulfonamides is 1. The number of sulfonamides is 2. The maximum absolute atomic E-state index is 14.3. The summed E-state index contributed by atoms with van der Waals surface area (Å²) in [7, 11) is -6.94. The van der Waals surface area contributed by atoms with Crippen LogP contribution < -0.4 is 20.5 Å². The van der Waals surface area contributed by atoms with E-state index in [1.165, 1.54) is 6.92 Å². The van der Waals surface area contributed by atoms with Gasteiger partial charge in [-0.05, 0) is 55.7 Å². The highest BCUT2D eigenvalue weighted by molar-refractivity contribution is 7.89. The van der Waals surface area contributed by atoms with E-state index in [-0.39, 0.29) is 17.5 Å². The van der Waals surface area contributed by atoms with Crippen LogP contribution in [0, 0.1) is 5.82 Å². The van der Waals surface area contributed by atoms with E-state index < -0.39 is 31.1 Å². The highest BCUT2D eigenvalue weighted by atomic mass is 32.2. The Morgan fingerprint density at radius 1 is 0.971 bits per heavy atom. The van der Waals surface area contributed by atoms with E-state index in [2.05, 4.69) is 25.3 Å². The molecule has 13 heteroatoms. The van der Waals surface area contributed by atoms with Gasteiger partial charge in [0.05, 0.1) is 17.2 Å². The third kappa shape index (κ3) is 7.68. The molecule has 1 aromatic heterocycles.